The van der Waals surface area contributed by atoms with Crippen molar-refractivity contribution >= 4 is 22.7 Å². The number of imidazole rings is 1. The number of nitrogens with zero attached hydrogens (tertiary/aromatic N) is 2. The Bertz CT molecular complexity index is 593. The number of rotatable bonds is 5. The van der Waals surface area contributed by atoms with Gasteiger partial charge in [-0.1, -0.05) is 20.3 Å². The molecule has 1 aromatic heterocycles. The number of hydrogen-bond donors (Lipinski definition) is 2. The van der Waals surface area contributed by atoms with E-state index in [1.807, 2.05) is 0 Å². The first kappa shape index (κ1) is 13.3. The van der Waals surface area contributed by atoms with Crippen LogP contribution in [0.15, 0.2) is 18.2 Å². The maximum absolute atomic E-state index is 10.7. The van der Waals surface area contributed by atoms with E-state index < -0.39 is 4.92 Å². The highest BCUT2D eigenvalue weighted by atomic mass is 16.6. The summed E-state index contributed by atoms with van der Waals surface area (Å²) >= 11 is 0. The molecule has 2 aromatic rings. The second kappa shape index (κ2) is 5.26. The number of anilines is 1. The van der Waals surface area contributed by atoms with E-state index in [-0.39, 0.29) is 5.69 Å². The topological polar surface area (TPSA) is 83.8 Å². The van der Waals surface area contributed by atoms with Crippen LogP contribution in [-0.4, -0.2) is 20.9 Å². The van der Waals surface area contributed by atoms with E-state index in [2.05, 4.69) is 36.1 Å². The third kappa shape index (κ3) is 2.83. The van der Waals surface area contributed by atoms with Crippen molar-refractivity contribution in [3.63, 3.8) is 0 Å². The van der Waals surface area contributed by atoms with Crippen LogP contribution in [0.3, 0.4) is 0 Å². The van der Waals surface area contributed by atoms with Crippen molar-refractivity contribution in [2.75, 3.05) is 5.32 Å². The molecule has 0 aliphatic rings. The fourth-order valence-corrected chi connectivity index (χ4v) is 1.89. The fraction of sp³-hybridized carbons (Fsp3) is 0.462. The second-order valence-electron chi connectivity index (χ2n) is 4.86. The molecule has 2 atom stereocenters. The van der Waals surface area contributed by atoms with Gasteiger partial charge >= 0.3 is 0 Å². The molecule has 2 rings (SSSR count). The summed E-state index contributed by atoms with van der Waals surface area (Å²) in [5.41, 5.74) is 1.47. The number of hydrogen-bond acceptors (Lipinski definition) is 4. The van der Waals surface area contributed by atoms with Crippen LogP contribution in [0.1, 0.15) is 27.2 Å². The third-order valence-electron chi connectivity index (χ3n) is 3.54. The molecule has 0 amide bonds. The van der Waals surface area contributed by atoms with Gasteiger partial charge in [-0.15, -0.1) is 0 Å². The first-order valence-electron chi connectivity index (χ1n) is 6.42. The Morgan fingerprint density at radius 1 is 1.47 bits per heavy atom. The highest BCUT2D eigenvalue weighted by molar-refractivity contribution is 5.79. The minimum absolute atomic E-state index is 0.0673. The molecule has 1 heterocycles. The number of H-pyrrole nitrogens is 1. The van der Waals surface area contributed by atoms with E-state index in [1.165, 1.54) is 12.1 Å². The first-order chi connectivity index (χ1) is 9.01. The van der Waals surface area contributed by atoms with Gasteiger partial charge in [0.2, 0.25) is 5.95 Å². The average molecular weight is 262 g/mol. The van der Waals surface area contributed by atoms with Crippen molar-refractivity contribution in [1.29, 1.82) is 0 Å². The van der Waals surface area contributed by atoms with Crippen molar-refractivity contribution in [1.82, 2.24) is 9.97 Å². The molecule has 0 saturated heterocycles. The van der Waals surface area contributed by atoms with Crippen molar-refractivity contribution in [3.05, 3.63) is 28.3 Å². The summed E-state index contributed by atoms with van der Waals surface area (Å²) in [5, 5.41) is 14.0. The average Bonchev–Trinajstić information content (AvgIpc) is 2.78. The van der Waals surface area contributed by atoms with E-state index in [0.29, 0.717) is 23.4 Å². The Hall–Kier alpha value is -2.11. The molecular weight excluding hydrogens is 244 g/mol. The summed E-state index contributed by atoms with van der Waals surface area (Å²) in [5.74, 6) is 1.19. The van der Waals surface area contributed by atoms with Crippen LogP contribution < -0.4 is 5.32 Å². The lowest BCUT2D eigenvalue weighted by atomic mass is 10.0. The summed E-state index contributed by atoms with van der Waals surface area (Å²) in [6.45, 7) is 6.42. The normalized spacial score (nSPS) is 14.3. The quantitative estimate of drug-likeness (QED) is 0.639. The van der Waals surface area contributed by atoms with Gasteiger partial charge in [-0.2, -0.15) is 0 Å². The smallest absolute Gasteiger partial charge is 0.271 e. The molecule has 0 spiro atoms. The standard InChI is InChI=1S/C13H18N4O2/c1-4-8(2)9(3)14-13-15-11-6-5-10(17(18)19)7-12(11)16-13/h5-9H,4H2,1-3H3,(H2,14,15,16). The molecule has 102 valence electrons. The molecular formula is C13H18N4O2. The van der Waals surface area contributed by atoms with E-state index in [1.54, 1.807) is 6.07 Å². The third-order valence-corrected chi connectivity index (χ3v) is 3.54. The summed E-state index contributed by atoms with van der Waals surface area (Å²) < 4.78 is 0. The number of nitrogens with one attached hydrogen (secondary N) is 2. The van der Waals surface area contributed by atoms with Crippen LogP contribution in [0.4, 0.5) is 11.6 Å². The minimum Gasteiger partial charge on any atom is -0.353 e. The molecule has 0 aliphatic heterocycles. The maximum Gasteiger partial charge on any atom is 0.271 e. The van der Waals surface area contributed by atoms with Crippen LogP contribution in [0.5, 0.6) is 0 Å². The van der Waals surface area contributed by atoms with Gasteiger partial charge < -0.3 is 10.3 Å². The monoisotopic (exact) mass is 262 g/mol. The molecule has 0 fully saturated rings. The Kier molecular flexibility index (Phi) is 3.69. The van der Waals surface area contributed by atoms with Crippen molar-refractivity contribution in [3.8, 4) is 0 Å². The van der Waals surface area contributed by atoms with Gasteiger partial charge in [0.25, 0.3) is 5.69 Å². The van der Waals surface area contributed by atoms with Gasteiger partial charge in [-0.3, -0.25) is 10.1 Å². The molecule has 2 unspecified atom stereocenters. The molecule has 1 aromatic carbocycles. The van der Waals surface area contributed by atoms with Crippen molar-refractivity contribution in [2.24, 2.45) is 5.92 Å². The summed E-state index contributed by atoms with van der Waals surface area (Å²) in [6.07, 6.45) is 1.08. The molecule has 0 radical (unpaired) electrons. The van der Waals surface area contributed by atoms with E-state index in [9.17, 15) is 10.1 Å². The number of benzene rings is 1. The van der Waals surface area contributed by atoms with Crippen molar-refractivity contribution < 1.29 is 4.92 Å². The molecule has 0 bridgehead atoms. The summed E-state index contributed by atoms with van der Waals surface area (Å²) in [6, 6.07) is 4.91. The maximum atomic E-state index is 10.7. The van der Waals surface area contributed by atoms with E-state index in [0.717, 1.165) is 11.9 Å². The Balaban J connectivity index is 2.24. The summed E-state index contributed by atoms with van der Waals surface area (Å²) in [4.78, 5) is 17.8. The fourth-order valence-electron chi connectivity index (χ4n) is 1.89. The lowest BCUT2D eigenvalue weighted by Gasteiger charge is -2.19. The zero-order valence-corrected chi connectivity index (χ0v) is 11.3. The molecule has 6 nitrogen and oxygen atoms in total. The molecule has 6 heteroatoms. The van der Waals surface area contributed by atoms with Gasteiger partial charge in [-0.25, -0.2) is 4.98 Å². The van der Waals surface area contributed by atoms with Gasteiger partial charge in [0, 0.05) is 18.2 Å². The molecule has 2 N–H and O–H groups in total. The van der Waals surface area contributed by atoms with Gasteiger partial charge in [0.1, 0.15) is 0 Å². The van der Waals surface area contributed by atoms with Crippen LogP contribution >= 0.6 is 0 Å². The van der Waals surface area contributed by atoms with Crippen LogP contribution in [0.25, 0.3) is 11.0 Å². The summed E-state index contributed by atoms with van der Waals surface area (Å²) in [7, 11) is 0. The highest BCUT2D eigenvalue weighted by Gasteiger charge is 2.13. The van der Waals surface area contributed by atoms with Crippen LogP contribution in [0.2, 0.25) is 0 Å². The number of aromatic nitrogens is 2. The predicted octanol–water partition coefficient (Wildman–Crippen LogP) is 3.32. The number of aromatic amines is 1. The Morgan fingerprint density at radius 3 is 2.84 bits per heavy atom. The zero-order chi connectivity index (χ0) is 14.0. The lowest BCUT2D eigenvalue weighted by molar-refractivity contribution is -0.384. The van der Waals surface area contributed by atoms with Crippen molar-refractivity contribution in [2.45, 2.75) is 33.2 Å². The number of nitro groups is 1. The second-order valence-corrected chi connectivity index (χ2v) is 4.86. The largest absolute Gasteiger partial charge is 0.353 e. The lowest BCUT2D eigenvalue weighted by Crippen LogP contribution is -2.23. The van der Waals surface area contributed by atoms with Gasteiger partial charge in [0.05, 0.1) is 16.0 Å². The van der Waals surface area contributed by atoms with E-state index in [4.69, 9.17) is 0 Å². The van der Waals surface area contributed by atoms with E-state index >= 15 is 0 Å². The minimum atomic E-state index is -0.408. The highest BCUT2D eigenvalue weighted by Crippen LogP contribution is 2.21. The molecule has 0 saturated carbocycles. The number of fused-ring (bicyclic) bond motifs is 1. The number of non-ortho nitro benzene ring substituents is 1. The SMILES string of the molecule is CCC(C)C(C)Nc1nc2ccc([N+](=O)[O-])cc2[nH]1. The Morgan fingerprint density at radius 2 is 2.21 bits per heavy atom. The predicted molar refractivity (Wildman–Crippen MR) is 75.3 cm³/mol. The zero-order valence-electron chi connectivity index (χ0n) is 11.3. The van der Waals surface area contributed by atoms with Crippen LogP contribution in [-0.2, 0) is 0 Å². The number of nitro benzene ring substituents is 1. The molecule has 0 aliphatic carbocycles. The van der Waals surface area contributed by atoms with Gasteiger partial charge in [-0.05, 0) is 18.9 Å². The Labute approximate surface area is 111 Å². The first-order valence-corrected chi connectivity index (χ1v) is 6.42. The van der Waals surface area contributed by atoms with Crippen LogP contribution in [0, 0.1) is 16.0 Å². The van der Waals surface area contributed by atoms with Gasteiger partial charge in [0.15, 0.2) is 0 Å². The molecule has 19 heavy (non-hydrogen) atoms.